The van der Waals surface area contributed by atoms with Crippen LogP contribution in [0.4, 0.5) is 0 Å². The lowest BCUT2D eigenvalue weighted by Gasteiger charge is -2.19. The Bertz CT molecular complexity index is 539. The average molecular weight is 236 g/mol. The van der Waals surface area contributed by atoms with Gasteiger partial charge in [0.1, 0.15) is 0 Å². The molecule has 0 unspecified atom stereocenters. The molecule has 18 heavy (non-hydrogen) atoms. The SMILES string of the molecule is C=Cc1ccc(-c2cccc(C(C)(C)C)c2)cc1. The number of rotatable bonds is 2. The Morgan fingerprint density at radius 3 is 2.11 bits per heavy atom. The summed E-state index contributed by atoms with van der Waals surface area (Å²) < 4.78 is 0. The molecule has 92 valence electrons. The van der Waals surface area contributed by atoms with E-state index >= 15 is 0 Å². The molecule has 0 nitrogen and oxygen atoms in total. The molecule has 0 N–H and O–H groups in total. The summed E-state index contributed by atoms with van der Waals surface area (Å²) in [5, 5.41) is 0. The van der Waals surface area contributed by atoms with Gasteiger partial charge < -0.3 is 0 Å². The number of hydrogen-bond donors (Lipinski definition) is 0. The zero-order chi connectivity index (χ0) is 13.2. The van der Waals surface area contributed by atoms with E-state index < -0.39 is 0 Å². The van der Waals surface area contributed by atoms with Crippen LogP contribution in [0.1, 0.15) is 31.9 Å². The summed E-state index contributed by atoms with van der Waals surface area (Å²) >= 11 is 0. The second-order valence-electron chi connectivity index (χ2n) is 5.66. The van der Waals surface area contributed by atoms with Crippen molar-refractivity contribution < 1.29 is 0 Å². The predicted molar refractivity (Wildman–Crippen MR) is 80.7 cm³/mol. The molecule has 0 aliphatic rings. The fraction of sp³-hybridized carbons (Fsp3) is 0.222. The topological polar surface area (TPSA) is 0 Å². The second kappa shape index (κ2) is 4.81. The molecule has 0 fully saturated rings. The van der Waals surface area contributed by atoms with E-state index in [4.69, 9.17) is 0 Å². The van der Waals surface area contributed by atoms with Gasteiger partial charge in [0.15, 0.2) is 0 Å². The molecular formula is C18H20. The van der Waals surface area contributed by atoms with Crippen LogP contribution in [0.5, 0.6) is 0 Å². The van der Waals surface area contributed by atoms with Gasteiger partial charge in [-0.1, -0.05) is 82.0 Å². The van der Waals surface area contributed by atoms with Crippen LogP contribution in [0.15, 0.2) is 55.1 Å². The van der Waals surface area contributed by atoms with Gasteiger partial charge >= 0.3 is 0 Å². The van der Waals surface area contributed by atoms with Gasteiger partial charge in [-0.15, -0.1) is 0 Å². The predicted octanol–water partition coefficient (Wildman–Crippen LogP) is 5.29. The quantitative estimate of drug-likeness (QED) is 0.664. The Morgan fingerprint density at radius 1 is 0.889 bits per heavy atom. The van der Waals surface area contributed by atoms with E-state index in [0.29, 0.717) is 0 Å². The van der Waals surface area contributed by atoms with Gasteiger partial charge in [0.05, 0.1) is 0 Å². The van der Waals surface area contributed by atoms with E-state index in [9.17, 15) is 0 Å². The third-order valence-electron chi connectivity index (χ3n) is 3.21. The van der Waals surface area contributed by atoms with Crippen LogP contribution in [-0.2, 0) is 5.41 Å². The first-order valence-electron chi connectivity index (χ1n) is 6.34. The van der Waals surface area contributed by atoms with Gasteiger partial charge in [-0.3, -0.25) is 0 Å². The normalized spacial score (nSPS) is 11.3. The second-order valence-corrected chi connectivity index (χ2v) is 5.66. The molecular weight excluding hydrogens is 216 g/mol. The van der Waals surface area contributed by atoms with Crippen LogP contribution in [0.25, 0.3) is 17.2 Å². The van der Waals surface area contributed by atoms with Crippen LogP contribution in [-0.4, -0.2) is 0 Å². The average Bonchev–Trinajstić information content (AvgIpc) is 2.38. The fourth-order valence-corrected chi connectivity index (χ4v) is 1.98. The zero-order valence-corrected chi connectivity index (χ0v) is 11.4. The third-order valence-corrected chi connectivity index (χ3v) is 3.21. The van der Waals surface area contributed by atoms with Gasteiger partial charge in [-0.25, -0.2) is 0 Å². The lowest BCUT2D eigenvalue weighted by Crippen LogP contribution is -2.10. The fourth-order valence-electron chi connectivity index (χ4n) is 1.98. The van der Waals surface area contributed by atoms with Gasteiger partial charge in [-0.2, -0.15) is 0 Å². The highest BCUT2D eigenvalue weighted by Gasteiger charge is 2.13. The van der Waals surface area contributed by atoms with Crippen LogP contribution in [0.3, 0.4) is 0 Å². The molecule has 0 spiro atoms. The molecule has 0 amide bonds. The van der Waals surface area contributed by atoms with E-state index in [1.54, 1.807) is 0 Å². The Morgan fingerprint density at radius 2 is 1.56 bits per heavy atom. The number of benzene rings is 2. The molecule has 0 aromatic heterocycles. The highest BCUT2D eigenvalue weighted by Crippen LogP contribution is 2.27. The van der Waals surface area contributed by atoms with Gasteiger partial charge in [0.2, 0.25) is 0 Å². The van der Waals surface area contributed by atoms with Crippen molar-refractivity contribution in [2.75, 3.05) is 0 Å². The van der Waals surface area contributed by atoms with Gasteiger partial charge in [-0.05, 0) is 27.7 Å². The first kappa shape index (κ1) is 12.6. The van der Waals surface area contributed by atoms with Crippen LogP contribution < -0.4 is 0 Å². The standard InChI is InChI=1S/C18H20/c1-5-14-9-11-15(12-10-14)16-7-6-8-17(13-16)18(2,3)4/h5-13H,1H2,2-4H3. The molecule has 0 atom stereocenters. The van der Waals surface area contributed by atoms with E-state index in [1.165, 1.54) is 16.7 Å². The van der Waals surface area contributed by atoms with Crippen molar-refractivity contribution >= 4 is 6.08 Å². The van der Waals surface area contributed by atoms with Crippen molar-refractivity contribution in [3.8, 4) is 11.1 Å². The van der Waals surface area contributed by atoms with Crippen molar-refractivity contribution in [2.24, 2.45) is 0 Å². The summed E-state index contributed by atoms with van der Waals surface area (Å²) in [5.41, 5.74) is 5.25. The largest absolute Gasteiger partial charge is 0.0985 e. The molecule has 2 aromatic carbocycles. The monoisotopic (exact) mass is 236 g/mol. The number of hydrogen-bond acceptors (Lipinski definition) is 0. The molecule has 0 saturated carbocycles. The lowest BCUT2D eigenvalue weighted by molar-refractivity contribution is 0.590. The molecule has 0 aliphatic carbocycles. The van der Waals surface area contributed by atoms with E-state index in [2.05, 4.69) is 75.9 Å². The minimum absolute atomic E-state index is 0.192. The third kappa shape index (κ3) is 2.70. The molecule has 0 radical (unpaired) electrons. The highest BCUT2D eigenvalue weighted by molar-refractivity contribution is 5.66. The Balaban J connectivity index is 2.41. The van der Waals surface area contributed by atoms with E-state index in [-0.39, 0.29) is 5.41 Å². The Kier molecular flexibility index (Phi) is 3.38. The summed E-state index contributed by atoms with van der Waals surface area (Å²) in [5.74, 6) is 0. The smallest absolute Gasteiger partial charge is 0.0132 e. The lowest BCUT2D eigenvalue weighted by atomic mass is 9.85. The minimum atomic E-state index is 0.192. The minimum Gasteiger partial charge on any atom is -0.0985 e. The molecule has 2 aromatic rings. The first-order chi connectivity index (χ1) is 8.50. The molecule has 2 rings (SSSR count). The van der Waals surface area contributed by atoms with Crippen molar-refractivity contribution in [1.82, 2.24) is 0 Å². The zero-order valence-electron chi connectivity index (χ0n) is 11.4. The molecule has 0 heterocycles. The first-order valence-corrected chi connectivity index (χ1v) is 6.34. The van der Waals surface area contributed by atoms with Crippen LogP contribution >= 0.6 is 0 Å². The van der Waals surface area contributed by atoms with Crippen molar-refractivity contribution in [2.45, 2.75) is 26.2 Å². The highest BCUT2D eigenvalue weighted by atomic mass is 14.2. The van der Waals surface area contributed by atoms with Crippen molar-refractivity contribution in [3.05, 3.63) is 66.2 Å². The van der Waals surface area contributed by atoms with E-state index in [0.717, 1.165) is 5.56 Å². The van der Waals surface area contributed by atoms with Gasteiger partial charge in [0, 0.05) is 0 Å². The maximum absolute atomic E-state index is 3.78. The van der Waals surface area contributed by atoms with Crippen LogP contribution in [0.2, 0.25) is 0 Å². The molecule has 0 heteroatoms. The molecule has 0 bridgehead atoms. The molecule has 0 aliphatic heterocycles. The Labute approximate surface area is 110 Å². The Hall–Kier alpha value is -1.82. The summed E-state index contributed by atoms with van der Waals surface area (Å²) in [7, 11) is 0. The van der Waals surface area contributed by atoms with Crippen LogP contribution in [0, 0.1) is 0 Å². The maximum atomic E-state index is 3.78. The summed E-state index contributed by atoms with van der Waals surface area (Å²) in [4.78, 5) is 0. The van der Waals surface area contributed by atoms with E-state index in [1.807, 2.05) is 6.08 Å². The maximum Gasteiger partial charge on any atom is -0.0132 e. The van der Waals surface area contributed by atoms with Crippen molar-refractivity contribution in [3.63, 3.8) is 0 Å². The summed E-state index contributed by atoms with van der Waals surface area (Å²) in [6, 6.07) is 17.3. The van der Waals surface area contributed by atoms with Gasteiger partial charge in [0.25, 0.3) is 0 Å². The summed E-state index contributed by atoms with van der Waals surface area (Å²) in [6.07, 6.45) is 1.87. The molecule has 0 saturated heterocycles. The summed E-state index contributed by atoms with van der Waals surface area (Å²) in [6.45, 7) is 10.5. The van der Waals surface area contributed by atoms with Crippen molar-refractivity contribution in [1.29, 1.82) is 0 Å².